The van der Waals surface area contributed by atoms with Crippen LogP contribution in [-0.2, 0) is 109 Å². The Morgan fingerprint density at radius 3 is 1.57 bits per heavy atom. The zero-order chi connectivity index (χ0) is 94.4. The van der Waals surface area contributed by atoms with Crippen molar-refractivity contribution in [3.63, 3.8) is 0 Å². The molecular weight excluding hydrogens is 1690 g/mol. The minimum atomic E-state index is -1.87. The molecule has 6 aromatic rings. The Morgan fingerprint density at radius 2 is 0.992 bits per heavy atom. The number of rotatable bonds is 25. The number of likely N-dealkylation sites (N-methyl/N-ethyl adjacent to an activating group) is 3. The van der Waals surface area contributed by atoms with E-state index in [9.17, 15) is 39.0 Å². The van der Waals surface area contributed by atoms with Gasteiger partial charge in [-0.15, -0.1) is 11.8 Å². The predicted octanol–water partition coefficient (Wildman–Crippen LogP) is 2.57. The molecule has 4 heterocycles. The fraction of sp³-hybridized carbons (Fsp3) is 0.489. The van der Waals surface area contributed by atoms with E-state index < -0.39 is 198 Å². The van der Waals surface area contributed by atoms with E-state index in [2.05, 4.69) is 52.8 Å². The number of nitrogens with two attached hydrogens (primary N) is 2. The molecule has 700 valence electrons. The van der Waals surface area contributed by atoms with E-state index in [1.807, 2.05) is 13.0 Å². The lowest BCUT2D eigenvalue weighted by molar-refractivity contribution is -0.152. The molecule has 0 saturated carbocycles. The molecule has 0 bridgehead atoms. The van der Waals surface area contributed by atoms with Gasteiger partial charge in [-0.25, -0.2) is 0 Å². The number of carboxylic acid groups (broad SMARTS) is 1. The van der Waals surface area contributed by atoms with Crippen LogP contribution in [-0.4, -0.2) is 272 Å². The van der Waals surface area contributed by atoms with Crippen molar-refractivity contribution in [2.75, 3.05) is 58.8 Å². The fourth-order valence-corrected chi connectivity index (χ4v) is 17.4. The van der Waals surface area contributed by atoms with Gasteiger partial charge >= 0.3 is 5.97 Å². The number of benzene rings is 5. The minimum absolute atomic E-state index is 0.00304. The smallest absolute Gasteiger partial charge is 0.305 e. The number of hydrogen-bond donors (Lipinski definition) is 14. The number of aliphatic carboxylic acids is 1. The number of nitrogens with one attached hydrogen (secondary N) is 10. The van der Waals surface area contributed by atoms with Crippen molar-refractivity contribution < 1.29 is 86.9 Å². The molecule has 3 fully saturated rings. The second-order valence-electron chi connectivity index (χ2n) is 34.3. The number of aromatic amines is 1. The standard InChI is InChI=1S/C94H125N17O18S/c1-9-10-35-75-93(128)111-44-25-37-74(111)88(123)104-70(51-80(115)116)86(121)106-81(57(4)5)94(129)108(7)76(48-59-28-16-12-17-29-59)89(124)100-66(34-22-23-42-95)91(126)110-43-24-36-73(110)87(122)103-69(50-62-52-97-65-33-21-20-32-64(62)65)85(120)102-68(46-61-38-40-63(112)41-39-61)84(119)101-67(45-56(2)3)83(118)105-72(82(117)98-53-78(96)113)54-130-55-79(114)99-71(47-58-26-14-11-15-27-58)90(125)109(8)77(92(127)107(75)6)49-60-30-18-13-19-31-60/h11-21,26-33,38-41,52,56-57,66-77,81,97,112H,9-10,22-25,34-37,42-51,53-55,95H2,1-8H3,(H2,96,113)(H,98,117)(H,99,114)(H,100,124)(H,101,119)(H,102,120)(H,103,122)(H,104,123)(H,105,118)(H,106,121)(H,115,116)/t66-,67-,68-,69-,70-,71-,72-,73+,74+,75-,76?,77-,81-/m0/s1. The van der Waals surface area contributed by atoms with Crippen molar-refractivity contribution in [2.45, 2.75) is 222 Å². The number of aromatic nitrogens is 1. The summed E-state index contributed by atoms with van der Waals surface area (Å²) < 4.78 is 0. The molecule has 36 heteroatoms. The average Bonchev–Trinajstić information content (AvgIpc) is 1.74. The van der Waals surface area contributed by atoms with E-state index in [4.69, 9.17) is 11.5 Å². The van der Waals surface area contributed by atoms with Gasteiger partial charge in [0.05, 0.1) is 18.7 Å². The second-order valence-corrected chi connectivity index (χ2v) is 35.4. The Labute approximate surface area is 761 Å². The first kappa shape index (κ1) is 101. The number of hydrogen-bond acceptors (Lipinski definition) is 19. The number of H-pyrrole nitrogens is 1. The SMILES string of the molecule is CCCC[C@H]1C(=O)N2CCC[C@@H]2C(=O)N[C@@H](CC(=O)O)C(=O)N[C@@H](C(C)C)C(=O)N(C)C(Cc2ccccc2)C(=O)N[C@@H](CCCCN)C(=O)N2CCC[C@@H]2C(=O)N[C@@H](Cc2c[nH]c3ccccc23)C(=O)N[C@@H](Cc2ccc(O)cc2)C(=O)N[C@@H](CC(C)C)C(=O)N[C@H](C(=O)NCC(N)=O)CSCC(=O)N[C@@H](Cc2ccccc2)C(=O)N(C)[C@@H](Cc2ccccc2)C(=O)N1C. The number of carbonyl (C=O) groups excluding carboxylic acids is 15. The van der Waals surface area contributed by atoms with Crippen molar-refractivity contribution in [3.8, 4) is 5.75 Å². The molecule has 0 spiro atoms. The van der Waals surface area contributed by atoms with Crippen LogP contribution in [0.25, 0.3) is 10.9 Å². The van der Waals surface area contributed by atoms with E-state index in [-0.39, 0.29) is 114 Å². The summed E-state index contributed by atoms with van der Waals surface area (Å²) in [7, 11) is 4.14. The summed E-state index contributed by atoms with van der Waals surface area (Å²) >= 11 is 0.846. The number of fused-ring (bicyclic) bond motifs is 3. The van der Waals surface area contributed by atoms with Gasteiger partial charge in [-0.3, -0.25) is 76.7 Å². The molecule has 3 aliphatic heterocycles. The highest BCUT2D eigenvalue weighted by Crippen LogP contribution is 2.28. The predicted molar refractivity (Wildman–Crippen MR) is 487 cm³/mol. The van der Waals surface area contributed by atoms with Crippen molar-refractivity contribution in [3.05, 3.63) is 174 Å². The number of unbranched alkanes of at least 4 members (excludes halogenated alkanes) is 2. The lowest BCUT2D eigenvalue weighted by Gasteiger charge is -2.38. The van der Waals surface area contributed by atoms with Crippen molar-refractivity contribution in [2.24, 2.45) is 23.3 Å². The molecule has 5 aromatic carbocycles. The molecule has 16 N–H and O–H groups in total. The molecule has 1 unspecified atom stereocenters. The van der Waals surface area contributed by atoms with Crippen LogP contribution in [0.15, 0.2) is 146 Å². The molecule has 130 heavy (non-hydrogen) atoms. The summed E-state index contributed by atoms with van der Waals surface area (Å²) in [6.45, 7) is 8.12. The second kappa shape index (κ2) is 49.2. The van der Waals surface area contributed by atoms with Crippen LogP contribution < -0.4 is 59.3 Å². The topological polar surface area (TPSA) is 506 Å². The maximum atomic E-state index is 15.7. The van der Waals surface area contributed by atoms with Gasteiger partial charge in [-0.05, 0) is 122 Å². The van der Waals surface area contributed by atoms with E-state index in [0.29, 0.717) is 64.4 Å². The summed E-state index contributed by atoms with van der Waals surface area (Å²) in [5, 5.41) is 46.1. The maximum absolute atomic E-state index is 15.7. The first-order chi connectivity index (χ1) is 62.1. The molecule has 3 saturated heterocycles. The molecule has 0 aliphatic carbocycles. The van der Waals surface area contributed by atoms with Gasteiger partial charge in [-0.2, -0.15) is 0 Å². The molecule has 15 amide bonds. The normalized spacial score (nSPS) is 23.9. The van der Waals surface area contributed by atoms with Gasteiger partial charge in [0.2, 0.25) is 88.6 Å². The van der Waals surface area contributed by atoms with Gasteiger partial charge in [0.15, 0.2) is 0 Å². The number of carbonyl (C=O) groups is 16. The number of primary amides is 1. The van der Waals surface area contributed by atoms with Crippen LogP contribution in [0.3, 0.4) is 0 Å². The number of phenols is 1. The van der Waals surface area contributed by atoms with Gasteiger partial charge < -0.3 is 99.0 Å². The number of nitrogens with zero attached hydrogens (tertiary/aromatic N) is 5. The zero-order valence-electron chi connectivity index (χ0n) is 75.0. The zero-order valence-corrected chi connectivity index (χ0v) is 75.8. The number of amides is 15. The number of para-hydroxylation sites is 1. The minimum Gasteiger partial charge on any atom is -0.508 e. The highest BCUT2D eigenvalue weighted by atomic mass is 32.2. The van der Waals surface area contributed by atoms with E-state index in [1.165, 1.54) is 65.0 Å². The third-order valence-electron chi connectivity index (χ3n) is 23.8. The first-order valence-corrected chi connectivity index (χ1v) is 45.6. The molecule has 0 radical (unpaired) electrons. The summed E-state index contributed by atoms with van der Waals surface area (Å²) in [4.78, 5) is 247. The summed E-state index contributed by atoms with van der Waals surface area (Å²) in [6, 6.07) is 20.1. The molecule has 35 nitrogen and oxygen atoms in total. The quantitative estimate of drug-likeness (QED) is 0.0366. The maximum Gasteiger partial charge on any atom is 0.305 e. The average molecular weight is 1810 g/mol. The van der Waals surface area contributed by atoms with Crippen LogP contribution in [0, 0.1) is 11.8 Å². The molecule has 13 atom stereocenters. The number of aromatic hydroxyl groups is 1. The van der Waals surface area contributed by atoms with Gasteiger partial charge in [0.1, 0.15) is 84.3 Å². The van der Waals surface area contributed by atoms with E-state index in [1.54, 1.807) is 143 Å². The number of thioether (sulfide) groups is 1. The van der Waals surface area contributed by atoms with Crippen molar-refractivity contribution in [1.29, 1.82) is 0 Å². The van der Waals surface area contributed by atoms with Crippen molar-refractivity contribution in [1.82, 2.24) is 77.3 Å². The third kappa shape index (κ3) is 28.6. The monoisotopic (exact) mass is 1810 g/mol. The molecule has 1 aromatic heterocycles. The van der Waals surface area contributed by atoms with Gasteiger partial charge in [0.25, 0.3) is 0 Å². The first-order valence-electron chi connectivity index (χ1n) is 44.5. The van der Waals surface area contributed by atoms with Gasteiger partial charge in [-0.1, -0.05) is 169 Å². The van der Waals surface area contributed by atoms with Crippen LogP contribution >= 0.6 is 11.8 Å². The van der Waals surface area contributed by atoms with Crippen LogP contribution in [0.4, 0.5) is 0 Å². The van der Waals surface area contributed by atoms with Crippen LogP contribution in [0.2, 0.25) is 0 Å². The Kier molecular flexibility index (Phi) is 38.2. The highest BCUT2D eigenvalue weighted by Gasteiger charge is 2.46. The Bertz CT molecular complexity index is 4930. The number of carboxylic acids is 1. The molecular formula is C94H125N17O18S. The van der Waals surface area contributed by atoms with Crippen molar-refractivity contribution >= 4 is 117 Å². The fourth-order valence-electron chi connectivity index (χ4n) is 16.6. The largest absolute Gasteiger partial charge is 0.508 e. The summed E-state index contributed by atoms with van der Waals surface area (Å²) in [5.74, 6) is -16.2. The Morgan fingerprint density at radius 1 is 0.492 bits per heavy atom. The Hall–Kier alpha value is -12.7. The summed E-state index contributed by atoms with van der Waals surface area (Å²) in [5.41, 5.74) is 14.9. The molecule has 9 rings (SSSR count). The highest BCUT2D eigenvalue weighted by molar-refractivity contribution is 8.00. The van der Waals surface area contributed by atoms with Gasteiger partial charge in [0, 0.05) is 89.2 Å². The lowest BCUT2D eigenvalue weighted by atomic mass is 9.98. The van der Waals surface area contributed by atoms with Crippen LogP contribution in [0.1, 0.15) is 139 Å². The Balaban J connectivity index is 1.12. The molecule has 3 aliphatic rings. The lowest BCUT2D eigenvalue weighted by Crippen LogP contribution is -2.62. The number of phenolic OH excluding ortho intramolecular Hbond substituents is 1. The van der Waals surface area contributed by atoms with Crippen LogP contribution in [0.5, 0.6) is 5.75 Å². The van der Waals surface area contributed by atoms with E-state index in [0.717, 1.165) is 16.7 Å². The van der Waals surface area contributed by atoms with E-state index >= 15 is 47.9 Å². The summed E-state index contributed by atoms with van der Waals surface area (Å²) in [6.07, 6.45) is 2.05. The third-order valence-corrected chi connectivity index (χ3v) is 24.8.